The van der Waals surface area contributed by atoms with Gasteiger partial charge in [-0.15, -0.1) is 0 Å². The van der Waals surface area contributed by atoms with Crippen LogP contribution in [0, 0.1) is 11.8 Å². The fourth-order valence-corrected chi connectivity index (χ4v) is 2.25. The van der Waals surface area contributed by atoms with Gasteiger partial charge >= 0.3 is 0 Å². The number of rotatable bonds is 4. The summed E-state index contributed by atoms with van der Waals surface area (Å²) in [5.74, 6) is 1.01. The smallest absolute Gasteiger partial charge is 0.0474 e. The minimum Gasteiger partial charge on any atom is -0.396 e. The summed E-state index contributed by atoms with van der Waals surface area (Å²) in [5, 5.41) is 9.08. The van der Waals surface area contributed by atoms with Crippen molar-refractivity contribution in [3.05, 3.63) is 0 Å². The molecule has 0 bridgehead atoms. The highest BCUT2D eigenvalue weighted by Gasteiger charge is 2.26. The molecular formula is C10H21NO. The quantitative estimate of drug-likeness (QED) is 0.673. The molecule has 0 heterocycles. The molecule has 1 aliphatic carbocycles. The molecule has 2 unspecified atom stereocenters. The van der Waals surface area contributed by atoms with Crippen LogP contribution in [0.3, 0.4) is 0 Å². The van der Waals surface area contributed by atoms with Crippen molar-refractivity contribution in [1.29, 1.82) is 0 Å². The van der Waals surface area contributed by atoms with Crippen molar-refractivity contribution in [3.63, 3.8) is 0 Å². The number of aliphatic hydroxyl groups is 1. The molecule has 3 N–H and O–H groups in total. The van der Waals surface area contributed by atoms with Crippen molar-refractivity contribution in [2.75, 3.05) is 6.61 Å². The third kappa shape index (κ3) is 2.20. The maximum Gasteiger partial charge on any atom is 0.0474 e. The van der Waals surface area contributed by atoms with E-state index in [-0.39, 0.29) is 12.6 Å². The van der Waals surface area contributed by atoms with E-state index in [4.69, 9.17) is 10.8 Å². The van der Waals surface area contributed by atoms with Crippen molar-refractivity contribution in [2.24, 2.45) is 17.6 Å². The van der Waals surface area contributed by atoms with Gasteiger partial charge < -0.3 is 10.8 Å². The van der Waals surface area contributed by atoms with Gasteiger partial charge in [-0.1, -0.05) is 19.8 Å². The van der Waals surface area contributed by atoms with Crippen molar-refractivity contribution in [1.82, 2.24) is 0 Å². The van der Waals surface area contributed by atoms with Crippen LogP contribution in [0.25, 0.3) is 0 Å². The van der Waals surface area contributed by atoms with Gasteiger partial charge in [0.2, 0.25) is 0 Å². The number of aliphatic hydroxyl groups excluding tert-OH is 1. The van der Waals surface area contributed by atoms with Crippen LogP contribution in [-0.2, 0) is 0 Å². The lowest BCUT2D eigenvalue weighted by Crippen LogP contribution is -2.38. The number of nitrogens with two attached hydrogens (primary N) is 1. The van der Waals surface area contributed by atoms with Crippen molar-refractivity contribution in [2.45, 2.75) is 45.1 Å². The third-order valence-electron chi connectivity index (χ3n) is 3.25. The Bertz CT molecular complexity index is 115. The van der Waals surface area contributed by atoms with Gasteiger partial charge in [0.1, 0.15) is 0 Å². The molecule has 0 spiro atoms. The first-order chi connectivity index (χ1) is 5.79. The molecule has 2 nitrogen and oxygen atoms in total. The second kappa shape index (κ2) is 4.83. The summed E-state index contributed by atoms with van der Waals surface area (Å²) >= 11 is 0. The van der Waals surface area contributed by atoms with Gasteiger partial charge in [-0.3, -0.25) is 0 Å². The zero-order valence-corrected chi connectivity index (χ0v) is 8.00. The maximum atomic E-state index is 9.08. The molecule has 2 atom stereocenters. The van der Waals surface area contributed by atoms with E-state index in [1.807, 2.05) is 0 Å². The summed E-state index contributed by atoms with van der Waals surface area (Å²) in [6.45, 7) is 2.36. The Kier molecular flexibility index (Phi) is 4.02. The topological polar surface area (TPSA) is 46.2 Å². The van der Waals surface area contributed by atoms with E-state index in [9.17, 15) is 0 Å². The van der Waals surface area contributed by atoms with E-state index in [2.05, 4.69) is 6.92 Å². The number of hydrogen-bond donors (Lipinski definition) is 2. The second-order valence-corrected chi connectivity index (χ2v) is 3.97. The van der Waals surface area contributed by atoms with Crippen LogP contribution in [-0.4, -0.2) is 17.8 Å². The molecule has 1 fully saturated rings. The minimum absolute atomic E-state index is 0.238. The highest BCUT2D eigenvalue weighted by atomic mass is 16.3. The van der Waals surface area contributed by atoms with Gasteiger partial charge in [0.05, 0.1) is 0 Å². The molecule has 0 aromatic rings. The van der Waals surface area contributed by atoms with E-state index in [1.165, 1.54) is 25.7 Å². The predicted molar refractivity (Wildman–Crippen MR) is 50.8 cm³/mol. The van der Waals surface area contributed by atoms with Gasteiger partial charge in [-0.2, -0.15) is 0 Å². The summed E-state index contributed by atoms with van der Waals surface area (Å²) in [5.41, 5.74) is 6.08. The van der Waals surface area contributed by atoms with E-state index in [0.29, 0.717) is 11.8 Å². The molecule has 1 saturated carbocycles. The molecule has 0 aromatic heterocycles. The summed E-state index contributed by atoms with van der Waals surface area (Å²) in [4.78, 5) is 0. The van der Waals surface area contributed by atoms with Crippen LogP contribution >= 0.6 is 0 Å². The van der Waals surface area contributed by atoms with Crippen LogP contribution in [0.5, 0.6) is 0 Å². The summed E-state index contributed by atoms with van der Waals surface area (Å²) in [6, 6.07) is 0.238. The van der Waals surface area contributed by atoms with E-state index < -0.39 is 0 Å². The van der Waals surface area contributed by atoms with E-state index >= 15 is 0 Å². The van der Waals surface area contributed by atoms with E-state index in [0.717, 1.165) is 6.42 Å². The molecule has 0 aromatic carbocycles. The highest BCUT2D eigenvalue weighted by Crippen LogP contribution is 2.30. The van der Waals surface area contributed by atoms with Crippen LogP contribution in [0.15, 0.2) is 0 Å². The number of hydrogen-bond acceptors (Lipinski definition) is 2. The van der Waals surface area contributed by atoms with Crippen LogP contribution in [0.1, 0.15) is 39.0 Å². The Balaban J connectivity index is 2.37. The van der Waals surface area contributed by atoms with Crippen molar-refractivity contribution >= 4 is 0 Å². The molecule has 1 rings (SSSR count). The molecular weight excluding hydrogens is 150 g/mol. The molecule has 0 aliphatic heterocycles. The Labute approximate surface area is 75.2 Å². The molecule has 0 radical (unpaired) electrons. The van der Waals surface area contributed by atoms with Gasteiger partial charge in [-0.25, -0.2) is 0 Å². The zero-order valence-electron chi connectivity index (χ0n) is 8.00. The lowest BCUT2D eigenvalue weighted by Gasteiger charge is -2.25. The predicted octanol–water partition coefficient (Wildman–Crippen LogP) is 1.52. The normalized spacial score (nSPS) is 24.2. The van der Waals surface area contributed by atoms with Crippen molar-refractivity contribution in [3.8, 4) is 0 Å². The average Bonchev–Trinajstić information content (AvgIpc) is 2.58. The lowest BCUT2D eigenvalue weighted by molar-refractivity contribution is 0.174. The first-order valence-electron chi connectivity index (χ1n) is 5.16. The van der Waals surface area contributed by atoms with Crippen molar-refractivity contribution < 1.29 is 5.11 Å². The lowest BCUT2D eigenvalue weighted by atomic mass is 9.87. The van der Waals surface area contributed by atoms with Crippen LogP contribution < -0.4 is 5.73 Å². The van der Waals surface area contributed by atoms with E-state index in [1.54, 1.807) is 0 Å². The fourth-order valence-electron chi connectivity index (χ4n) is 2.25. The molecule has 12 heavy (non-hydrogen) atoms. The molecule has 0 saturated heterocycles. The van der Waals surface area contributed by atoms with Crippen LogP contribution in [0.2, 0.25) is 0 Å². The molecule has 0 amide bonds. The standard InChI is InChI=1S/C10H21NO/c1-2-8(7-12)10(11)9-5-3-4-6-9/h8-10,12H,2-7,11H2,1H3. The SMILES string of the molecule is CCC(CO)C(N)C1CCCC1. The van der Waals surface area contributed by atoms with Gasteiger partial charge in [0, 0.05) is 12.6 Å². The monoisotopic (exact) mass is 171 g/mol. The Hall–Kier alpha value is -0.0800. The second-order valence-electron chi connectivity index (χ2n) is 3.97. The maximum absolute atomic E-state index is 9.08. The summed E-state index contributed by atoms with van der Waals surface area (Å²) in [6.07, 6.45) is 6.23. The van der Waals surface area contributed by atoms with Gasteiger partial charge in [0.15, 0.2) is 0 Å². The molecule has 2 heteroatoms. The third-order valence-corrected chi connectivity index (χ3v) is 3.25. The fraction of sp³-hybridized carbons (Fsp3) is 1.00. The minimum atomic E-state index is 0.238. The van der Waals surface area contributed by atoms with Crippen LogP contribution in [0.4, 0.5) is 0 Å². The average molecular weight is 171 g/mol. The van der Waals surface area contributed by atoms with Gasteiger partial charge in [0.25, 0.3) is 0 Å². The summed E-state index contributed by atoms with van der Waals surface area (Å²) < 4.78 is 0. The molecule has 72 valence electrons. The highest BCUT2D eigenvalue weighted by molar-refractivity contribution is 4.82. The first kappa shape index (κ1) is 10.0. The zero-order chi connectivity index (χ0) is 8.97. The summed E-state index contributed by atoms with van der Waals surface area (Å²) in [7, 11) is 0. The first-order valence-corrected chi connectivity index (χ1v) is 5.16. The Morgan fingerprint density at radius 2 is 2.00 bits per heavy atom. The van der Waals surface area contributed by atoms with Gasteiger partial charge in [-0.05, 0) is 31.1 Å². The Morgan fingerprint density at radius 1 is 1.42 bits per heavy atom. The Morgan fingerprint density at radius 3 is 2.42 bits per heavy atom. The molecule has 1 aliphatic rings. The largest absolute Gasteiger partial charge is 0.396 e.